The third-order valence-corrected chi connectivity index (χ3v) is 6.35. The quantitative estimate of drug-likeness (QED) is 0.706. The Labute approximate surface area is 159 Å². The summed E-state index contributed by atoms with van der Waals surface area (Å²) in [6.45, 7) is 1.85. The molecule has 148 valence electrons. The predicted molar refractivity (Wildman–Crippen MR) is 100.0 cm³/mol. The van der Waals surface area contributed by atoms with Crippen LogP contribution in [0.5, 0.6) is 0 Å². The lowest BCUT2D eigenvalue weighted by Gasteiger charge is -2.44. The number of carbonyl (C=O) groups excluding carboxylic acids is 2. The van der Waals surface area contributed by atoms with Crippen molar-refractivity contribution in [2.24, 2.45) is 17.6 Å². The van der Waals surface area contributed by atoms with E-state index >= 15 is 0 Å². The second kappa shape index (κ2) is 7.62. The van der Waals surface area contributed by atoms with Crippen LogP contribution in [0, 0.1) is 11.8 Å². The second-order valence-electron chi connectivity index (χ2n) is 8.73. The molecule has 1 aromatic rings. The molecule has 1 aromatic heterocycles. The van der Waals surface area contributed by atoms with E-state index < -0.39 is 0 Å². The van der Waals surface area contributed by atoms with Crippen molar-refractivity contribution < 1.29 is 14.1 Å². The van der Waals surface area contributed by atoms with Crippen molar-refractivity contribution in [3.8, 4) is 0 Å². The first-order valence-corrected chi connectivity index (χ1v) is 10.3. The van der Waals surface area contributed by atoms with Gasteiger partial charge in [-0.3, -0.25) is 9.59 Å². The minimum atomic E-state index is -0.124. The van der Waals surface area contributed by atoms with Crippen LogP contribution >= 0.6 is 0 Å². The minimum absolute atomic E-state index is 0.0568. The zero-order chi connectivity index (χ0) is 19.0. The summed E-state index contributed by atoms with van der Waals surface area (Å²) in [7, 11) is 0. The smallest absolute Gasteiger partial charge is 0.273 e. The molecule has 0 saturated heterocycles. The van der Waals surface area contributed by atoms with E-state index in [1.807, 2.05) is 6.92 Å². The fourth-order valence-electron chi connectivity index (χ4n) is 4.75. The molecule has 0 radical (unpaired) electrons. The first kappa shape index (κ1) is 18.5. The number of hydrogen-bond donors (Lipinski definition) is 3. The number of amides is 2. The lowest BCUT2D eigenvalue weighted by Crippen LogP contribution is -2.52. The number of nitrogens with zero attached hydrogens (tertiary/aromatic N) is 1. The summed E-state index contributed by atoms with van der Waals surface area (Å²) in [4.78, 5) is 24.6. The first-order valence-electron chi connectivity index (χ1n) is 10.3. The number of nitrogens with one attached hydrogen (secondary N) is 2. The van der Waals surface area contributed by atoms with Crippen molar-refractivity contribution >= 4 is 11.8 Å². The molecule has 27 heavy (non-hydrogen) atoms. The van der Waals surface area contributed by atoms with Gasteiger partial charge in [0.1, 0.15) is 5.76 Å². The maximum absolute atomic E-state index is 12.5. The van der Waals surface area contributed by atoms with Gasteiger partial charge >= 0.3 is 0 Å². The molecule has 1 heterocycles. The lowest BCUT2D eigenvalue weighted by molar-refractivity contribution is -0.123. The molecule has 2 amide bonds. The average Bonchev–Trinajstić information content (AvgIpc) is 3.35. The monoisotopic (exact) mass is 374 g/mol. The van der Waals surface area contributed by atoms with E-state index in [-0.39, 0.29) is 29.9 Å². The van der Waals surface area contributed by atoms with Crippen LogP contribution in [0.1, 0.15) is 80.5 Å². The molecular formula is C20H30N4O3. The molecule has 4 rings (SSSR count). The van der Waals surface area contributed by atoms with Gasteiger partial charge in [-0.2, -0.15) is 0 Å². The summed E-state index contributed by atoms with van der Waals surface area (Å²) in [5, 5.41) is 10.3. The highest BCUT2D eigenvalue weighted by atomic mass is 16.5. The van der Waals surface area contributed by atoms with Gasteiger partial charge in [-0.15, -0.1) is 0 Å². The summed E-state index contributed by atoms with van der Waals surface area (Å²) in [5.74, 6) is 2.21. The molecule has 3 aliphatic carbocycles. The number of hydrogen-bond acceptors (Lipinski definition) is 5. The molecule has 7 nitrogen and oxygen atoms in total. The zero-order valence-corrected chi connectivity index (χ0v) is 15.9. The maximum atomic E-state index is 12.5. The Morgan fingerprint density at radius 2 is 1.81 bits per heavy atom. The van der Waals surface area contributed by atoms with Gasteiger partial charge in [0.2, 0.25) is 5.91 Å². The van der Waals surface area contributed by atoms with Crippen molar-refractivity contribution in [1.29, 1.82) is 0 Å². The van der Waals surface area contributed by atoms with Crippen molar-refractivity contribution in [3.05, 3.63) is 17.5 Å². The molecule has 4 N–H and O–H groups in total. The molecule has 3 fully saturated rings. The van der Waals surface area contributed by atoms with E-state index in [0.29, 0.717) is 29.9 Å². The van der Waals surface area contributed by atoms with Crippen molar-refractivity contribution in [2.75, 3.05) is 0 Å². The summed E-state index contributed by atoms with van der Waals surface area (Å²) in [6.07, 6.45) is 7.67. The molecule has 0 aromatic carbocycles. The number of fused-ring (bicyclic) bond motifs is 2. The third-order valence-electron chi connectivity index (χ3n) is 6.35. The fraction of sp³-hybridized carbons (Fsp3) is 0.750. The van der Waals surface area contributed by atoms with Crippen molar-refractivity contribution in [3.63, 3.8) is 0 Å². The van der Waals surface area contributed by atoms with Crippen LogP contribution in [0.15, 0.2) is 10.6 Å². The van der Waals surface area contributed by atoms with E-state index in [0.717, 1.165) is 50.7 Å². The average molecular weight is 374 g/mol. The molecule has 3 aliphatic rings. The molecule has 7 heteroatoms. The van der Waals surface area contributed by atoms with Gasteiger partial charge in [0.15, 0.2) is 5.69 Å². The Hall–Kier alpha value is -1.89. The minimum Gasteiger partial charge on any atom is -0.360 e. The number of carbonyl (C=O) groups is 2. The molecule has 5 atom stereocenters. The van der Waals surface area contributed by atoms with Crippen LogP contribution in [0.25, 0.3) is 0 Å². The molecule has 4 unspecified atom stereocenters. The number of aromatic nitrogens is 1. The molecule has 2 bridgehead atoms. The zero-order valence-electron chi connectivity index (χ0n) is 15.9. The Morgan fingerprint density at radius 1 is 1.15 bits per heavy atom. The molecule has 0 spiro atoms. The largest absolute Gasteiger partial charge is 0.360 e. The summed E-state index contributed by atoms with van der Waals surface area (Å²) < 4.78 is 5.30. The predicted octanol–water partition coefficient (Wildman–Crippen LogP) is 2.08. The lowest BCUT2D eigenvalue weighted by atomic mass is 9.67. The van der Waals surface area contributed by atoms with Crippen LogP contribution in [-0.2, 0) is 4.79 Å². The van der Waals surface area contributed by atoms with E-state index in [2.05, 4.69) is 15.8 Å². The Balaban J connectivity index is 1.29. The maximum Gasteiger partial charge on any atom is 0.273 e. The first-order chi connectivity index (χ1) is 13.0. The molecular weight excluding hydrogens is 344 g/mol. The highest BCUT2D eigenvalue weighted by Gasteiger charge is 2.40. The normalized spacial score (nSPS) is 31.2. The van der Waals surface area contributed by atoms with Crippen LogP contribution in [0.4, 0.5) is 0 Å². The van der Waals surface area contributed by atoms with Crippen molar-refractivity contribution in [1.82, 2.24) is 15.8 Å². The Kier molecular flexibility index (Phi) is 5.21. The number of rotatable bonds is 6. The molecule has 3 saturated carbocycles. The highest BCUT2D eigenvalue weighted by molar-refractivity contribution is 5.92. The van der Waals surface area contributed by atoms with Crippen LogP contribution in [-0.4, -0.2) is 35.1 Å². The van der Waals surface area contributed by atoms with Crippen molar-refractivity contribution in [2.45, 2.75) is 82.3 Å². The fourth-order valence-corrected chi connectivity index (χ4v) is 4.75. The van der Waals surface area contributed by atoms with Gasteiger partial charge in [0.05, 0.1) is 0 Å². The SMILES string of the molecule is C[C@H](N)CC(=O)NC1CCC2CC1CCC2NC(=O)c1cc(C2CC2)on1. The summed E-state index contributed by atoms with van der Waals surface area (Å²) in [6, 6.07) is 2.13. The van der Waals surface area contributed by atoms with Gasteiger partial charge in [0, 0.05) is 36.5 Å². The standard InChI is InChI=1S/C20H30N4O3/c1-11(21)8-19(25)22-15-6-4-14-9-13(15)5-7-16(14)23-20(26)17-10-18(27-24-17)12-2-3-12/h10-16H,2-9,21H2,1H3,(H,22,25)(H,23,26)/t11-,13?,14?,15?,16?/m0/s1. The van der Waals surface area contributed by atoms with E-state index in [9.17, 15) is 9.59 Å². The Morgan fingerprint density at radius 3 is 2.44 bits per heavy atom. The van der Waals surface area contributed by atoms with Crippen LogP contribution in [0.3, 0.4) is 0 Å². The molecule has 0 aliphatic heterocycles. The van der Waals surface area contributed by atoms with Crippen LogP contribution < -0.4 is 16.4 Å². The van der Waals surface area contributed by atoms with Gasteiger partial charge < -0.3 is 20.9 Å². The summed E-state index contributed by atoms with van der Waals surface area (Å²) >= 11 is 0. The van der Waals surface area contributed by atoms with Gasteiger partial charge in [-0.25, -0.2) is 0 Å². The number of nitrogens with two attached hydrogens (primary N) is 1. The van der Waals surface area contributed by atoms with E-state index in [1.54, 1.807) is 6.07 Å². The third kappa shape index (κ3) is 4.34. The van der Waals surface area contributed by atoms with Gasteiger partial charge in [-0.1, -0.05) is 5.16 Å². The summed E-state index contributed by atoms with van der Waals surface area (Å²) in [5.41, 5.74) is 6.12. The highest BCUT2D eigenvalue weighted by Crippen LogP contribution is 2.41. The topological polar surface area (TPSA) is 110 Å². The van der Waals surface area contributed by atoms with E-state index in [4.69, 9.17) is 10.3 Å². The second-order valence-corrected chi connectivity index (χ2v) is 8.73. The van der Waals surface area contributed by atoms with Gasteiger partial charge in [-0.05, 0) is 63.7 Å². The Bertz CT molecular complexity index is 697. The van der Waals surface area contributed by atoms with Crippen LogP contribution in [0.2, 0.25) is 0 Å². The van der Waals surface area contributed by atoms with Gasteiger partial charge in [0.25, 0.3) is 5.91 Å². The van der Waals surface area contributed by atoms with E-state index in [1.165, 1.54) is 0 Å².